The van der Waals surface area contributed by atoms with Gasteiger partial charge in [0.2, 0.25) is 15.9 Å². The van der Waals surface area contributed by atoms with E-state index in [9.17, 15) is 13.2 Å². The van der Waals surface area contributed by atoms with Crippen LogP contribution in [0.15, 0.2) is 0 Å². The van der Waals surface area contributed by atoms with Crippen molar-refractivity contribution < 1.29 is 13.2 Å². The molecule has 0 spiro atoms. The number of nitrogens with zero attached hydrogens (tertiary/aromatic N) is 2. The summed E-state index contributed by atoms with van der Waals surface area (Å²) in [6, 6.07) is 0. The van der Waals surface area contributed by atoms with Crippen molar-refractivity contribution in [3.05, 3.63) is 0 Å². The van der Waals surface area contributed by atoms with Gasteiger partial charge in [-0.05, 0) is 34.0 Å². The molecule has 0 atom stereocenters. The van der Waals surface area contributed by atoms with Crippen LogP contribution in [0.5, 0.6) is 0 Å². The third-order valence-electron chi connectivity index (χ3n) is 2.56. The van der Waals surface area contributed by atoms with E-state index in [-0.39, 0.29) is 18.2 Å². The van der Waals surface area contributed by atoms with E-state index in [0.29, 0.717) is 13.1 Å². The molecular formula is C11H25N3O3S. The molecule has 0 unspecified atom stereocenters. The highest BCUT2D eigenvalue weighted by atomic mass is 32.2. The SMILES string of the molecule is CCS(=O)(=O)NCCN(CCCN(C)C)C(C)=O. The summed E-state index contributed by atoms with van der Waals surface area (Å²) in [5.74, 6) is 0.0395. The van der Waals surface area contributed by atoms with Crippen LogP contribution in [0, 0.1) is 0 Å². The molecule has 1 amide bonds. The molecule has 0 saturated heterocycles. The van der Waals surface area contributed by atoms with Crippen molar-refractivity contribution in [1.82, 2.24) is 14.5 Å². The van der Waals surface area contributed by atoms with Gasteiger partial charge in [0, 0.05) is 26.6 Å². The van der Waals surface area contributed by atoms with Crippen LogP contribution in [0.2, 0.25) is 0 Å². The Bertz CT molecular complexity index is 341. The largest absolute Gasteiger partial charge is 0.342 e. The van der Waals surface area contributed by atoms with E-state index in [1.807, 2.05) is 14.1 Å². The first-order chi connectivity index (χ1) is 8.28. The second-order valence-electron chi connectivity index (χ2n) is 4.46. The summed E-state index contributed by atoms with van der Waals surface area (Å²) < 4.78 is 24.9. The summed E-state index contributed by atoms with van der Waals surface area (Å²) in [6.45, 7) is 5.34. The van der Waals surface area contributed by atoms with Gasteiger partial charge < -0.3 is 9.80 Å². The molecule has 0 bridgehead atoms. The Morgan fingerprint density at radius 1 is 1.17 bits per heavy atom. The van der Waals surface area contributed by atoms with E-state index in [1.54, 1.807) is 11.8 Å². The Labute approximate surface area is 110 Å². The summed E-state index contributed by atoms with van der Waals surface area (Å²) >= 11 is 0. The van der Waals surface area contributed by atoms with Crippen molar-refractivity contribution in [3.63, 3.8) is 0 Å². The Morgan fingerprint density at radius 3 is 2.22 bits per heavy atom. The van der Waals surface area contributed by atoms with Gasteiger partial charge in [0.1, 0.15) is 0 Å². The third-order valence-corrected chi connectivity index (χ3v) is 3.97. The zero-order valence-corrected chi connectivity index (χ0v) is 12.6. The first-order valence-corrected chi connectivity index (χ1v) is 7.81. The number of amides is 1. The summed E-state index contributed by atoms with van der Waals surface area (Å²) in [4.78, 5) is 15.1. The fourth-order valence-electron chi connectivity index (χ4n) is 1.44. The first kappa shape index (κ1) is 17.3. The van der Waals surface area contributed by atoms with Gasteiger partial charge in [0.05, 0.1) is 5.75 Å². The quantitative estimate of drug-likeness (QED) is 0.630. The number of hydrogen-bond donors (Lipinski definition) is 1. The zero-order valence-electron chi connectivity index (χ0n) is 11.8. The Kier molecular flexibility index (Phi) is 8.13. The van der Waals surface area contributed by atoms with Crippen molar-refractivity contribution in [2.45, 2.75) is 20.3 Å². The fourth-order valence-corrected chi connectivity index (χ4v) is 2.05. The number of nitrogens with one attached hydrogen (secondary N) is 1. The number of carbonyl (C=O) groups excluding carboxylic acids is 1. The van der Waals surface area contributed by atoms with Crippen LogP contribution in [0.4, 0.5) is 0 Å². The predicted octanol–water partition coefficient (Wildman–Crippen LogP) is -0.274. The molecule has 0 aromatic carbocycles. The second-order valence-corrected chi connectivity index (χ2v) is 6.56. The van der Waals surface area contributed by atoms with Gasteiger partial charge in [-0.1, -0.05) is 0 Å². The molecule has 0 radical (unpaired) electrons. The highest BCUT2D eigenvalue weighted by Gasteiger charge is 2.10. The second kappa shape index (κ2) is 8.44. The van der Waals surface area contributed by atoms with Gasteiger partial charge in [-0.3, -0.25) is 4.79 Å². The molecule has 0 fully saturated rings. The van der Waals surface area contributed by atoms with Gasteiger partial charge in [0.15, 0.2) is 0 Å². The smallest absolute Gasteiger partial charge is 0.219 e. The lowest BCUT2D eigenvalue weighted by molar-refractivity contribution is -0.128. The summed E-state index contributed by atoms with van der Waals surface area (Å²) in [6.07, 6.45) is 0.882. The molecule has 18 heavy (non-hydrogen) atoms. The number of sulfonamides is 1. The standard InChI is InChI=1S/C11H25N3O3S/c1-5-18(16,17)12-7-10-14(11(2)15)9-6-8-13(3)4/h12H,5-10H2,1-4H3. The molecule has 1 N–H and O–H groups in total. The fraction of sp³-hybridized carbons (Fsp3) is 0.909. The van der Waals surface area contributed by atoms with Crippen molar-refractivity contribution in [1.29, 1.82) is 0 Å². The van der Waals surface area contributed by atoms with E-state index in [0.717, 1.165) is 13.0 Å². The molecule has 0 aliphatic rings. The van der Waals surface area contributed by atoms with Crippen LogP contribution in [0.1, 0.15) is 20.3 Å². The summed E-state index contributed by atoms with van der Waals surface area (Å²) in [5, 5.41) is 0. The molecular weight excluding hydrogens is 254 g/mol. The Balaban J connectivity index is 4.02. The predicted molar refractivity (Wildman–Crippen MR) is 72.9 cm³/mol. The van der Waals surface area contributed by atoms with Crippen molar-refractivity contribution in [3.8, 4) is 0 Å². The topological polar surface area (TPSA) is 69.7 Å². The Hall–Kier alpha value is -0.660. The van der Waals surface area contributed by atoms with Crippen LogP contribution >= 0.6 is 0 Å². The average Bonchev–Trinajstić information content (AvgIpc) is 2.26. The molecule has 0 heterocycles. The van der Waals surface area contributed by atoms with Gasteiger partial charge in [-0.2, -0.15) is 0 Å². The lowest BCUT2D eigenvalue weighted by Crippen LogP contribution is -2.39. The Morgan fingerprint density at radius 2 is 1.78 bits per heavy atom. The lowest BCUT2D eigenvalue weighted by Gasteiger charge is -2.22. The number of carbonyl (C=O) groups is 1. The van der Waals surface area contributed by atoms with Gasteiger partial charge in [0.25, 0.3) is 0 Å². The molecule has 0 aliphatic carbocycles. The molecule has 0 aromatic rings. The minimum absolute atomic E-state index is 0.0237. The van der Waals surface area contributed by atoms with Crippen LogP contribution in [0.3, 0.4) is 0 Å². The first-order valence-electron chi connectivity index (χ1n) is 6.16. The van der Waals surface area contributed by atoms with Gasteiger partial charge >= 0.3 is 0 Å². The number of hydrogen-bond acceptors (Lipinski definition) is 4. The van der Waals surface area contributed by atoms with E-state index in [1.165, 1.54) is 6.92 Å². The van der Waals surface area contributed by atoms with Crippen LogP contribution < -0.4 is 4.72 Å². The molecule has 7 heteroatoms. The molecule has 0 aliphatic heterocycles. The number of rotatable bonds is 9. The molecule has 108 valence electrons. The van der Waals surface area contributed by atoms with Crippen LogP contribution in [-0.4, -0.2) is 70.2 Å². The maximum Gasteiger partial charge on any atom is 0.219 e. The lowest BCUT2D eigenvalue weighted by atomic mass is 10.3. The molecule has 6 nitrogen and oxygen atoms in total. The van der Waals surface area contributed by atoms with E-state index in [2.05, 4.69) is 9.62 Å². The molecule has 0 aromatic heterocycles. The van der Waals surface area contributed by atoms with Gasteiger partial charge in [-0.15, -0.1) is 0 Å². The molecule has 0 rings (SSSR count). The minimum Gasteiger partial charge on any atom is -0.342 e. The zero-order chi connectivity index (χ0) is 14.2. The van der Waals surface area contributed by atoms with E-state index in [4.69, 9.17) is 0 Å². The summed E-state index contributed by atoms with van der Waals surface area (Å²) in [7, 11) is 0.788. The van der Waals surface area contributed by atoms with Crippen molar-refractivity contribution in [2.24, 2.45) is 0 Å². The monoisotopic (exact) mass is 279 g/mol. The minimum atomic E-state index is -3.17. The van der Waals surface area contributed by atoms with Gasteiger partial charge in [-0.25, -0.2) is 13.1 Å². The van der Waals surface area contributed by atoms with E-state index < -0.39 is 10.0 Å². The van der Waals surface area contributed by atoms with E-state index >= 15 is 0 Å². The highest BCUT2D eigenvalue weighted by molar-refractivity contribution is 7.89. The summed E-state index contributed by atoms with van der Waals surface area (Å²) in [5.41, 5.74) is 0. The average molecular weight is 279 g/mol. The van der Waals surface area contributed by atoms with Crippen molar-refractivity contribution >= 4 is 15.9 Å². The van der Waals surface area contributed by atoms with Crippen molar-refractivity contribution in [2.75, 3.05) is 46.0 Å². The maximum atomic E-state index is 11.4. The van der Waals surface area contributed by atoms with Crippen LogP contribution in [0.25, 0.3) is 0 Å². The third kappa shape index (κ3) is 8.43. The highest BCUT2D eigenvalue weighted by Crippen LogP contribution is 1.94. The normalized spacial score (nSPS) is 11.8. The molecule has 0 saturated carbocycles. The van der Waals surface area contributed by atoms with Crippen LogP contribution in [-0.2, 0) is 14.8 Å². The maximum absolute atomic E-state index is 11.4.